The average Bonchev–Trinajstić information content (AvgIpc) is 2.48. The van der Waals surface area contributed by atoms with Crippen LogP contribution >= 0.6 is 24.0 Å². The number of guanidine groups is 1. The summed E-state index contributed by atoms with van der Waals surface area (Å²) in [4.78, 5) is 4.50. The standard InChI is InChI=1S/C17H28FN3O.HI/c1-6-19-16(20-10-17(4,5)11-22)21-13(3)14-8-7-12(2)15(18)9-14;/h7-9,13,22H,6,10-11H2,1-5H3,(H2,19,20,21);1H. The van der Waals surface area contributed by atoms with Gasteiger partial charge in [-0.05, 0) is 38.0 Å². The summed E-state index contributed by atoms with van der Waals surface area (Å²) in [7, 11) is 0. The Kier molecular flexibility index (Phi) is 9.68. The number of hydrogen-bond donors (Lipinski definition) is 3. The van der Waals surface area contributed by atoms with Gasteiger partial charge in [-0.1, -0.05) is 26.0 Å². The molecule has 1 atom stereocenters. The number of nitrogens with one attached hydrogen (secondary N) is 2. The van der Waals surface area contributed by atoms with E-state index in [1.807, 2.05) is 33.8 Å². The number of hydrogen-bond acceptors (Lipinski definition) is 2. The van der Waals surface area contributed by atoms with Crippen molar-refractivity contribution in [1.82, 2.24) is 10.6 Å². The summed E-state index contributed by atoms with van der Waals surface area (Å²) < 4.78 is 13.7. The number of aliphatic hydroxyl groups excluding tert-OH is 1. The second kappa shape index (κ2) is 10.1. The Bertz CT molecular complexity index is 521. The minimum absolute atomic E-state index is 0. The minimum atomic E-state index is -0.262. The molecule has 1 unspecified atom stereocenters. The van der Waals surface area contributed by atoms with Gasteiger partial charge in [-0.3, -0.25) is 4.99 Å². The Morgan fingerprint density at radius 3 is 2.57 bits per heavy atom. The minimum Gasteiger partial charge on any atom is -0.396 e. The van der Waals surface area contributed by atoms with Gasteiger partial charge in [-0.2, -0.15) is 0 Å². The molecule has 1 aromatic rings. The molecule has 0 amide bonds. The van der Waals surface area contributed by atoms with Gasteiger partial charge < -0.3 is 15.7 Å². The van der Waals surface area contributed by atoms with Gasteiger partial charge >= 0.3 is 0 Å². The molecule has 6 heteroatoms. The molecule has 23 heavy (non-hydrogen) atoms. The summed E-state index contributed by atoms with van der Waals surface area (Å²) in [6.45, 7) is 10.9. The molecular weight excluding hydrogens is 408 g/mol. The van der Waals surface area contributed by atoms with Gasteiger partial charge in [0.1, 0.15) is 5.82 Å². The van der Waals surface area contributed by atoms with Crippen LogP contribution in [0.1, 0.15) is 44.9 Å². The first kappa shape index (κ1) is 22.1. The highest BCUT2D eigenvalue weighted by molar-refractivity contribution is 14.0. The quantitative estimate of drug-likeness (QED) is 0.364. The molecular formula is C17H29FIN3O. The third-order valence-electron chi connectivity index (χ3n) is 3.49. The van der Waals surface area contributed by atoms with Crippen LogP contribution in [-0.2, 0) is 0 Å². The van der Waals surface area contributed by atoms with Gasteiger partial charge in [0.2, 0.25) is 0 Å². The first-order chi connectivity index (χ1) is 10.3. The number of halogens is 2. The van der Waals surface area contributed by atoms with Gasteiger partial charge in [0.25, 0.3) is 0 Å². The molecule has 0 saturated carbocycles. The van der Waals surface area contributed by atoms with E-state index in [9.17, 15) is 9.50 Å². The maximum Gasteiger partial charge on any atom is 0.191 e. The largest absolute Gasteiger partial charge is 0.396 e. The molecule has 1 aromatic carbocycles. The lowest BCUT2D eigenvalue weighted by Crippen LogP contribution is -2.39. The zero-order valence-electron chi connectivity index (χ0n) is 14.6. The van der Waals surface area contributed by atoms with Gasteiger partial charge in [-0.15, -0.1) is 24.0 Å². The van der Waals surface area contributed by atoms with Crippen molar-refractivity contribution in [3.63, 3.8) is 0 Å². The Balaban J connectivity index is 0.00000484. The normalized spacial score (nSPS) is 13.3. The second-order valence-electron chi connectivity index (χ2n) is 6.39. The van der Waals surface area contributed by atoms with E-state index in [4.69, 9.17) is 0 Å². The predicted molar refractivity (Wildman–Crippen MR) is 105 cm³/mol. The molecule has 0 heterocycles. The third kappa shape index (κ3) is 7.48. The average molecular weight is 437 g/mol. The van der Waals surface area contributed by atoms with E-state index >= 15 is 0 Å². The lowest BCUT2D eigenvalue weighted by molar-refractivity contribution is 0.167. The summed E-state index contributed by atoms with van der Waals surface area (Å²) in [6.07, 6.45) is 0. The molecule has 4 nitrogen and oxygen atoms in total. The third-order valence-corrected chi connectivity index (χ3v) is 3.49. The molecule has 1 rings (SSSR count). The van der Waals surface area contributed by atoms with Gasteiger partial charge in [0, 0.05) is 18.6 Å². The van der Waals surface area contributed by atoms with E-state index in [2.05, 4.69) is 15.6 Å². The number of aliphatic hydroxyl groups is 1. The van der Waals surface area contributed by atoms with Crippen LogP contribution in [0.25, 0.3) is 0 Å². The van der Waals surface area contributed by atoms with E-state index in [0.29, 0.717) is 18.1 Å². The Morgan fingerprint density at radius 1 is 1.39 bits per heavy atom. The molecule has 0 aliphatic rings. The molecule has 0 aliphatic carbocycles. The number of aryl methyl sites for hydroxylation is 1. The second-order valence-corrected chi connectivity index (χ2v) is 6.39. The zero-order valence-corrected chi connectivity index (χ0v) is 16.9. The van der Waals surface area contributed by atoms with Crippen LogP contribution < -0.4 is 10.6 Å². The van der Waals surface area contributed by atoms with Crippen LogP contribution in [0.4, 0.5) is 4.39 Å². The Hall–Kier alpha value is -0.890. The van der Waals surface area contributed by atoms with Crippen LogP contribution in [0.15, 0.2) is 23.2 Å². The highest BCUT2D eigenvalue weighted by Gasteiger charge is 2.16. The van der Waals surface area contributed by atoms with Crippen molar-refractivity contribution < 1.29 is 9.50 Å². The van der Waals surface area contributed by atoms with Crippen molar-refractivity contribution in [2.45, 2.75) is 40.7 Å². The maximum atomic E-state index is 13.7. The fraction of sp³-hybridized carbons (Fsp3) is 0.588. The highest BCUT2D eigenvalue weighted by atomic mass is 127. The van der Waals surface area contributed by atoms with Crippen molar-refractivity contribution in [3.8, 4) is 0 Å². The zero-order chi connectivity index (χ0) is 16.8. The highest BCUT2D eigenvalue weighted by Crippen LogP contribution is 2.17. The Labute approximate surface area is 156 Å². The van der Waals surface area contributed by atoms with E-state index in [0.717, 1.165) is 12.1 Å². The van der Waals surface area contributed by atoms with Gasteiger partial charge in [0.15, 0.2) is 5.96 Å². The molecule has 0 aromatic heterocycles. The van der Waals surface area contributed by atoms with Crippen LogP contribution in [0.5, 0.6) is 0 Å². The van der Waals surface area contributed by atoms with E-state index in [1.165, 1.54) is 0 Å². The van der Waals surface area contributed by atoms with Crippen LogP contribution in [-0.4, -0.2) is 30.8 Å². The summed E-state index contributed by atoms with van der Waals surface area (Å²) in [5.74, 6) is 0.465. The van der Waals surface area contributed by atoms with Crippen molar-refractivity contribution in [2.75, 3.05) is 19.7 Å². The van der Waals surface area contributed by atoms with Crippen molar-refractivity contribution in [1.29, 1.82) is 0 Å². The van der Waals surface area contributed by atoms with Crippen LogP contribution in [0.2, 0.25) is 0 Å². The molecule has 0 aliphatic heterocycles. The lowest BCUT2D eigenvalue weighted by Gasteiger charge is -2.22. The fourth-order valence-electron chi connectivity index (χ4n) is 1.83. The van der Waals surface area contributed by atoms with Crippen molar-refractivity contribution in [3.05, 3.63) is 35.1 Å². The number of benzene rings is 1. The summed E-state index contributed by atoms with van der Waals surface area (Å²) in [5, 5.41) is 15.7. The van der Waals surface area contributed by atoms with Crippen molar-refractivity contribution >= 4 is 29.9 Å². The fourth-order valence-corrected chi connectivity index (χ4v) is 1.83. The molecule has 0 bridgehead atoms. The smallest absolute Gasteiger partial charge is 0.191 e. The van der Waals surface area contributed by atoms with E-state index < -0.39 is 0 Å². The van der Waals surface area contributed by atoms with Crippen molar-refractivity contribution in [2.24, 2.45) is 10.4 Å². The van der Waals surface area contributed by atoms with E-state index in [-0.39, 0.29) is 47.9 Å². The monoisotopic (exact) mass is 437 g/mol. The molecule has 0 radical (unpaired) electrons. The van der Waals surface area contributed by atoms with Crippen LogP contribution in [0.3, 0.4) is 0 Å². The van der Waals surface area contributed by atoms with E-state index in [1.54, 1.807) is 19.1 Å². The maximum absolute atomic E-state index is 13.7. The molecule has 0 fully saturated rings. The Morgan fingerprint density at radius 2 is 2.04 bits per heavy atom. The predicted octanol–water partition coefficient (Wildman–Crippen LogP) is 3.39. The first-order valence-corrected chi connectivity index (χ1v) is 7.71. The molecule has 132 valence electrons. The summed E-state index contributed by atoms with van der Waals surface area (Å²) in [5.41, 5.74) is 1.25. The summed E-state index contributed by atoms with van der Waals surface area (Å²) in [6, 6.07) is 5.18. The van der Waals surface area contributed by atoms with Crippen LogP contribution in [0, 0.1) is 18.2 Å². The first-order valence-electron chi connectivity index (χ1n) is 7.71. The topological polar surface area (TPSA) is 56.7 Å². The number of nitrogens with zero attached hydrogens (tertiary/aromatic N) is 1. The lowest BCUT2D eigenvalue weighted by atomic mass is 9.95. The molecule has 0 spiro atoms. The van der Waals surface area contributed by atoms with Gasteiger partial charge in [-0.25, -0.2) is 4.39 Å². The summed E-state index contributed by atoms with van der Waals surface area (Å²) >= 11 is 0. The molecule has 3 N–H and O–H groups in total. The number of aliphatic imine (C=N–C) groups is 1. The van der Waals surface area contributed by atoms with Gasteiger partial charge in [0.05, 0.1) is 12.6 Å². The molecule has 0 saturated heterocycles. The number of rotatable bonds is 6. The SMILES string of the molecule is CCNC(=NCC(C)(C)CO)NC(C)c1ccc(C)c(F)c1.I.